The van der Waals surface area contributed by atoms with E-state index in [4.69, 9.17) is 9.51 Å². The molecule has 7 heteroatoms. The predicted octanol–water partition coefficient (Wildman–Crippen LogP) is 3.76. The molecule has 4 aromatic rings. The van der Waals surface area contributed by atoms with Crippen LogP contribution in [0.15, 0.2) is 53.7 Å². The lowest BCUT2D eigenvalue weighted by atomic mass is 9.92. The van der Waals surface area contributed by atoms with Gasteiger partial charge in [-0.05, 0) is 51.1 Å². The average molecular weight is 386 g/mol. The lowest BCUT2D eigenvalue weighted by Gasteiger charge is -2.30. The molecule has 146 valence electrons. The van der Waals surface area contributed by atoms with E-state index in [1.807, 2.05) is 19.2 Å². The second-order valence-electron chi connectivity index (χ2n) is 7.62. The summed E-state index contributed by atoms with van der Waals surface area (Å²) in [6.07, 6.45) is 9.15. The van der Waals surface area contributed by atoms with E-state index in [9.17, 15) is 0 Å². The fourth-order valence-electron chi connectivity index (χ4n) is 3.96. The van der Waals surface area contributed by atoms with Crippen LogP contribution in [0.25, 0.3) is 22.2 Å². The molecular weight excluding hydrogens is 364 g/mol. The van der Waals surface area contributed by atoms with E-state index in [1.54, 1.807) is 12.4 Å². The smallest absolute Gasteiger partial charge is 0.159 e. The Morgan fingerprint density at radius 2 is 1.86 bits per heavy atom. The van der Waals surface area contributed by atoms with E-state index < -0.39 is 0 Å². The van der Waals surface area contributed by atoms with Crippen molar-refractivity contribution in [2.75, 3.05) is 13.1 Å². The Hall–Kier alpha value is -3.19. The van der Waals surface area contributed by atoms with Gasteiger partial charge in [0.15, 0.2) is 11.4 Å². The van der Waals surface area contributed by atoms with Crippen LogP contribution in [-0.2, 0) is 6.54 Å². The standard InChI is InChI=1S/C22H22N6O/c1-15-8-20(29-27-15)13-28-6-4-16(5-7-28)21-3-2-17-9-18(12-25-22(17)26-21)19-10-23-14-24-11-19/h2-3,8-12,14,16H,4-7,13H2,1H3. The molecule has 1 fully saturated rings. The van der Waals surface area contributed by atoms with Gasteiger partial charge in [-0.2, -0.15) is 0 Å². The summed E-state index contributed by atoms with van der Waals surface area (Å²) >= 11 is 0. The molecule has 0 unspecified atom stereocenters. The summed E-state index contributed by atoms with van der Waals surface area (Å²) in [6, 6.07) is 8.38. The highest BCUT2D eigenvalue weighted by Gasteiger charge is 2.23. The zero-order valence-corrected chi connectivity index (χ0v) is 16.3. The Kier molecular flexibility index (Phi) is 4.73. The van der Waals surface area contributed by atoms with Gasteiger partial charge < -0.3 is 4.52 Å². The lowest BCUT2D eigenvalue weighted by molar-refractivity contribution is 0.183. The Balaban J connectivity index is 1.28. The molecule has 0 saturated carbocycles. The van der Waals surface area contributed by atoms with Crippen LogP contribution >= 0.6 is 0 Å². The van der Waals surface area contributed by atoms with Gasteiger partial charge in [0.25, 0.3) is 0 Å². The van der Waals surface area contributed by atoms with E-state index in [0.717, 1.165) is 71.8 Å². The minimum atomic E-state index is 0.469. The highest BCUT2D eigenvalue weighted by Crippen LogP contribution is 2.29. The van der Waals surface area contributed by atoms with E-state index in [1.165, 1.54) is 6.33 Å². The van der Waals surface area contributed by atoms with Crippen LogP contribution in [0.5, 0.6) is 0 Å². The maximum Gasteiger partial charge on any atom is 0.159 e. The molecule has 5 rings (SSSR count). The van der Waals surface area contributed by atoms with E-state index >= 15 is 0 Å². The fourth-order valence-corrected chi connectivity index (χ4v) is 3.96. The molecule has 0 aromatic carbocycles. The minimum Gasteiger partial charge on any atom is -0.360 e. The Bertz CT molecular complexity index is 1120. The van der Waals surface area contributed by atoms with Gasteiger partial charge >= 0.3 is 0 Å². The molecule has 1 aliphatic heterocycles. The summed E-state index contributed by atoms with van der Waals surface area (Å²) in [7, 11) is 0. The van der Waals surface area contributed by atoms with Gasteiger partial charge in [-0.15, -0.1) is 0 Å². The molecule has 4 aromatic heterocycles. The first-order chi connectivity index (χ1) is 14.2. The highest BCUT2D eigenvalue weighted by molar-refractivity contribution is 5.80. The third-order valence-corrected chi connectivity index (χ3v) is 5.52. The molecule has 0 atom stereocenters. The van der Waals surface area contributed by atoms with Crippen molar-refractivity contribution in [1.29, 1.82) is 0 Å². The van der Waals surface area contributed by atoms with Gasteiger partial charge in [0.05, 0.1) is 12.2 Å². The monoisotopic (exact) mass is 386 g/mol. The minimum absolute atomic E-state index is 0.469. The first-order valence-corrected chi connectivity index (χ1v) is 9.91. The SMILES string of the molecule is Cc1cc(CN2CCC(c3ccc4cc(-c5cncnc5)cnc4n3)CC2)on1. The maximum atomic E-state index is 5.35. The van der Waals surface area contributed by atoms with Crippen molar-refractivity contribution in [3.63, 3.8) is 0 Å². The van der Waals surface area contributed by atoms with Crippen molar-refractivity contribution in [3.05, 3.63) is 66.3 Å². The molecule has 0 aliphatic carbocycles. The number of pyridine rings is 2. The molecule has 0 amide bonds. The van der Waals surface area contributed by atoms with Crippen molar-refractivity contribution < 1.29 is 4.52 Å². The number of aromatic nitrogens is 5. The molecule has 1 saturated heterocycles. The third kappa shape index (κ3) is 3.86. The quantitative estimate of drug-likeness (QED) is 0.528. The second kappa shape index (κ2) is 7.67. The summed E-state index contributed by atoms with van der Waals surface area (Å²) in [4.78, 5) is 20.0. The lowest BCUT2D eigenvalue weighted by Crippen LogP contribution is -2.32. The number of nitrogens with zero attached hydrogens (tertiary/aromatic N) is 6. The van der Waals surface area contributed by atoms with Crippen molar-refractivity contribution in [1.82, 2.24) is 30.0 Å². The van der Waals surface area contributed by atoms with Crippen LogP contribution in [0.1, 0.15) is 35.9 Å². The topological polar surface area (TPSA) is 80.8 Å². The number of likely N-dealkylation sites (tertiary alicyclic amines) is 1. The largest absolute Gasteiger partial charge is 0.360 e. The predicted molar refractivity (Wildman–Crippen MR) is 109 cm³/mol. The Labute approximate surface area is 168 Å². The second-order valence-corrected chi connectivity index (χ2v) is 7.62. The summed E-state index contributed by atoms with van der Waals surface area (Å²) < 4.78 is 5.35. The Morgan fingerprint density at radius 1 is 1.03 bits per heavy atom. The van der Waals surface area contributed by atoms with Crippen molar-refractivity contribution in [3.8, 4) is 11.1 Å². The van der Waals surface area contributed by atoms with Crippen LogP contribution in [0.3, 0.4) is 0 Å². The van der Waals surface area contributed by atoms with Gasteiger partial charge in [0.1, 0.15) is 6.33 Å². The molecule has 1 aliphatic rings. The summed E-state index contributed by atoms with van der Waals surface area (Å²) in [5.74, 6) is 1.41. The van der Waals surface area contributed by atoms with E-state index in [2.05, 4.69) is 43.2 Å². The van der Waals surface area contributed by atoms with Crippen LogP contribution in [0, 0.1) is 6.92 Å². The summed E-state index contributed by atoms with van der Waals surface area (Å²) in [5, 5.41) is 5.01. The molecule has 7 nitrogen and oxygen atoms in total. The van der Waals surface area contributed by atoms with Crippen molar-refractivity contribution in [2.45, 2.75) is 32.2 Å². The number of aryl methyl sites for hydroxylation is 1. The average Bonchev–Trinajstić information content (AvgIpc) is 3.18. The zero-order chi connectivity index (χ0) is 19.6. The Morgan fingerprint density at radius 3 is 2.62 bits per heavy atom. The summed E-state index contributed by atoms with van der Waals surface area (Å²) in [6.45, 7) is 4.84. The number of piperidine rings is 1. The van der Waals surface area contributed by atoms with E-state index in [0.29, 0.717) is 5.92 Å². The van der Waals surface area contributed by atoms with Gasteiger partial charge in [0.2, 0.25) is 0 Å². The molecule has 29 heavy (non-hydrogen) atoms. The van der Waals surface area contributed by atoms with Crippen molar-refractivity contribution >= 4 is 11.0 Å². The van der Waals surface area contributed by atoms with Crippen LogP contribution < -0.4 is 0 Å². The number of fused-ring (bicyclic) bond motifs is 1. The van der Waals surface area contributed by atoms with Gasteiger partial charge in [0, 0.05) is 52.8 Å². The van der Waals surface area contributed by atoms with Crippen LogP contribution in [0.4, 0.5) is 0 Å². The van der Waals surface area contributed by atoms with Crippen molar-refractivity contribution in [2.24, 2.45) is 0 Å². The normalized spacial score (nSPS) is 15.8. The number of rotatable bonds is 4. The highest BCUT2D eigenvalue weighted by atomic mass is 16.5. The molecule has 0 radical (unpaired) electrons. The first-order valence-electron chi connectivity index (χ1n) is 9.91. The van der Waals surface area contributed by atoms with Gasteiger partial charge in [-0.25, -0.2) is 19.9 Å². The molecule has 0 spiro atoms. The molecule has 0 N–H and O–H groups in total. The molecule has 0 bridgehead atoms. The third-order valence-electron chi connectivity index (χ3n) is 5.52. The van der Waals surface area contributed by atoms with Gasteiger partial charge in [-0.3, -0.25) is 4.90 Å². The van der Waals surface area contributed by atoms with Gasteiger partial charge in [-0.1, -0.05) is 5.16 Å². The molecule has 5 heterocycles. The van der Waals surface area contributed by atoms with E-state index in [-0.39, 0.29) is 0 Å². The number of hydrogen-bond acceptors (Lipinski definition) is 7. The first kappa shape index (κ1) is 17.9. The maximum absolute atomic E-state index is 5.35. The molecular formula is C22H22N6O. The van der Waals surface area contributed by atoms with Crippen LogP contribution in [0.2, 0.25) is 0 Å². The number of hydrogen-bond donors (Lipinski definition) is 0. The van der Waals surface area contributed by atoms with Crippen LogP contribution in [-0.4, -0.2) is 43.1 Å². The zero-order valence-electron chi connectivity index (χ0n) is 16.3. The fraction of sp³-hybridized carbons (Fsp3) is 0.318. The summed E-state index contributed by atoms with van der Waals surface area (Å²) in [5.41, 5.74) is 4.83.